The standard InChI is InChI=1S/C19H25N3O3/c1-25-17-8-6-15(7-9-17)13-22-14-16(12-20-22)18(19(23)24)21-10-4-2-3-5-11-21/h6-9,12,14,18H,2-5,10-11,13H2,1H3,(H,23,24)/t18-/m1/s1. The lowest BCUT2D eigenvalue weighted by Gasteiger charge is -2.26. The molecule has 2 heterocycles. The number of methoxy groups -OCH3 is 1. The molecule has 0 radical (unpaired) electrons. The Bertz CT molecular complexity index is 688. The maximum absolute atomic E-state index is 11.9. The minimum atomic E-state index is -0.800. The van der Waals surface area contributed by atoms with E-state index in [-0.39, 0.29) is 0 Å². The molecule has 0 amide bonds. The highest BCUT2D eigenvalue weighted by atomic mass is 16.5. The van der Waals surface area contributed by atoms with Crippen molar-refractivity contribution < 1.29 is 14.6 Å². The molecule has 0 aliphatic carbocycles. The summed E-state index contributed by atoms with van der Waals surface area (Å²) in [4.78, 5) is 13.9. The van der Waals surface area contributed by atoms with Gasteiger partial charge in [-0.05, 0) is 43.6 Å². The van der Waals surface area contributed by atoms with Crippen LogP contribution < -0.4 is 4.74 Å². The van der Waals surface area contributed by atoms with Crippen LogP contribution in [-0.2, 0) is 11.3 Å². The minimum Gasteiger partial charge on any atom is -0.497 e. The molecule has 3 rings (SSSR count). The lowest BCUT2D eigenvalue weighted by molar-refractivity contribution is -0.143. The van der Waals surface area contributed by atoms with Crippen LogP contribution in [-0.4, -0.2) is 46.0 Å². The van der Waals surface area contributed by atoms with Gasteiger partial charge in [-0.3, -0.25) is 14.4 Å². The smallest absolute Gasteiger partial charge is 0.325 e. The third kappa shape index (κ3) is 4.39. The molecular weight excluding hydrogens is 318 g/mol. The van der Waals surface area contributed by atoms with Gasteiger partial charge in [0, 0.05) is 11.8 Å². The van der Waals surface area contributed by atoms with E-state index in [9.17, 15) is 9.90 Å². The van der Waals surface area contributed by atoms with Crippen LogP contribution >= 0.6 is 0 Å². The van der Waals surface area contributed by atoms with Crippen LogP contribution in [0.15, 0.2) is 36.7 Å². The average Bonchev–Trinajstić information content (AvgIpc) is 2.89. The zero-order valence-electron chi connectivity index (χ0n) is 14.6. The number of hydrogen-bond donors (Lipinski definition) is 1. The molecule has 1 saturated heterocycles. The Hall–Kier alpha value is -2.34. The molecule has 0 bridgehead atoms. The summed E-state index contributed by atoms with van der Waals surface area (Å²) in [5.41, 5.74) is 1.85. The lowest BCUT2D eigenvalue weighted by atomic mass is 10.1. The first-order valence-electron chi connectivity index (χ1n) is 8.79. The zero-order chi connectivity index (χ0) is 17.6. The van der Waals surface area contributed by atoms with Crippen molar-refractivity contribution in [2.45, 2.75) is 38.3 Å². The van der Waals surface area contributed by atoms with E-state index in [4.69, 9.17) is 4.74 Å². The van der Waals surface area contributed by atoms with Crippen molar-refractivity contribution in [2.75, 3.05) is 20.2 Å². The first-order valence-corrected chi connectivity index (χ1v) is 8.79. The fraction of sp³-hybridized carbons (Fsp3) is 0.474. The predicted molar refractivity (Wildman–Crippen MR) is 94.7 cm³/mol. The summed E-state index contributed by atoms with van der Waals surface area (Å²) in [6.07, 6.45) is 8.02. The highest BCUT2D eigenvalue weighted by Gasteiger charge is 2.29. The maximum Gasteiger partial charge on any atom is 0.325 e. The van der Waals surface area contributed by atoms with Crippen molar-refractivity contribution in [1.29, 1.82) is 0 Å². The third-order valence-corrected chi connectivity index (χ3v) is 4.71. The number of rotatable bonds is 6. The van der Waals surface area contributed by atoms with E-state index in [2.05, 4.69) is 10.00 Å². The number of nitrogens with zero attached hydrogens (tertiary/aromatic N) is 3. The van der Waals surface area contributed by atoms with E-state index in [1.54, 1.807) is 18.0 Å². The summed E-state index contributed by atoms with van der Waals surface area (Å²) in [5, 5.41) is 14.1. The summed E-state index contributed by atoms with van der Waals surface area (Å²) >= 11 is 0. The van der Waals surface area contributed by atoms with Crippen molar-refractivity contribution in [2.24, 2.45) is 0 Å². The number of carbonyl (C=O) groups is 1. The van der Waals surface area contributed by atoms with Crippen molar-refractivity contribution in [3.8, 4) is 5.75 Å². The van der Waals surface area contributed by atoms with Gasteiger partial charge in [-0.25, -0.2) is 0 Å². The molecule has 0 unspecified atom stereocenters. The van der Waals surface area contributed by atoms with Crippen molar-refractivity contribution in [1.82, 2.24) is 14.7 Å². The van der Waals surface area contributed by atoms with E-state index in [1.807, 2.05) is 30.5 Å². The molecule has 6 nitrogen and oxygen atoms in total. The number of carboxylic acid groups (broad SMARTS) is 1. The number of likely N-dealkylation sites (tertiary alicyclic amines) is 1. The molecule has 1 aliphatic rings. The number of aliphatic carboxylic acids is 1. The highest BCUT2D eigenvalue weighted by molar-refractivity contribution is 5.75. The molecule has 1 aromatic heterocycles. The molecule has 6 heteroatoms. The first kappa shape index (κ1) is 17.5. The van der Waals surface area contributed by atoms with Crippen molar-refractivity contribution in [3.05, 3.63) is 47.8 Å². The second-order valence-electron chi connectivity index (χ2n) is 6.51. The van der Waals surface area contributed by atoms with Gasteiger partial charge in [-0.15, -0.1) is 0 Å². The van der Waals surface area contributed by atoms with E-state index < -0.39 is 12.0 Å². The van der Waals surface area contributed by atoms with Crippen LogP contribution in [0.3, 0.4) is 0 Å². The molecule has 1 atom stereocenters. The number of ether oxygens (including phenoxy) is 1. The van der Waals surface area contributed by atoms with Gasteiger partial charge in [0.2, 0.25) is 0 Å². The Balaban J connectivity index is 1.73. The van der Waals surface area contributed by atoms with Gasteiger partial charge in [-0.2, -0.15) is 5.10 Å². The molecule has 2 aromatic rings. The monoisotopic (exact) mass is 343 g/mol. The molecule has 1 aliphatic heterocycles. The largest absolute Gasteiger partial charge is 0.497 e. The Morgan fingerprint density at radius 1 is 1.20 bits per heavy atom. The van der Waals surface area contributed by atoms with Gasteiger partial charge in [-0.1, -0.05) is 25.0 Å². The van der Waals surface area contributed by atoms with E-state index in [1.165, 1.54) is 12.8 Å². The van der Waals surface area contributed by atoms with E-state index >= 15 is 0 Å². The molecule has 1 fully saturated rings. The van der Waals surface area contributed by atoms with Gasteiger partial charge in [0.15, 0.2) is 0 Å². The van der Waals surface area contributed by atoms with Crippen LogP contribution in [0.1, 0.15) is 42.9 Å². The van der Waals surface area contributed by atoms with Crippen molar-refractivity contribution in [3.63, 3.8) is 0 Å². The van der Waals surface area contributed by atoms with Crippen LogP contribution in [0.2, 0.25) is 0 Å². The summed E-state index contributed by atoms with van der Waals surface area (Å²) in [7, 11) is 1.64. The summed E-state index contributed by atoms with van der Waals surface area (Å²) in [5.74, 6) is 0.0166. The quantitative estimate of drug-likeness (QED) is 0.873. The molecule has 0 saturated carbocycles. The number of hydrogen-bond acceptors (Lipinski definition) is 4. The van der Waals surface area contributed by atoms with Crippen LogP contribution in [0, 0.1) is 0 Å². The fourth-order valence-corrected chi connectivity index (χ4v) is 3.39. The van der Waals surface area contributed by atoms with Crippen LogP contribution in [0.25, 0.3) is 0 Å². The second-order valence-corrected chi connectivity index (χ2v) is 6.51. The molecule has 25 heavy (non-hydrogen) atoms. The molecular formula is C19H25N3O3. The van der Waals surface area contributed by atoms with E-state index in [0.29, 0.717) is 6.54 Å². The predicted octanol–water partition coefficient (Wildman–Crippen LogP) is 2.94. The van der Waals surface area contributed by atoms with Gasteiger partial charge in [0.05, 0.1) is 19.9 Å². The Labute approximate surface area is 148 Å². The SMILES string of the molecule is COc1ccc(Cn2cc([C@H](C(=O)O)N3CCCCCC3)cn2)cc1. The molecule has 134 valence electrons. The Kier molecular flexibility index (Phi) is 5.71. The van der Waals surface area contributed by atoms with Gasteiger partial charge >= 0.3 is 5.97 Å². The van der Waals surface area contributed by atoms with Gasteiger partial charge in [0.25, 0.3) is 0 Å². The number of carboxylic acids is 1. The highest BCUT2D eigenvalue weighted by Crippen LogP contribution is 2.24. The Morgan fingerprint density at radius 2 is 1.88 bits per heavy atom. The van der Waals surface area contributed by atoms with Gasteiger partial charge in [0.1, 0.15) is 11.8 Å². The normalized spacial score (nSPS) is 17.0. The number of aromatic nitrogens is 2. The van der Waals surface area contributed by atoms with Gasteiger partial charge < -0.3 is 9.84 Å². The number of benzene rings is 1. The van der Waals surface area contributed by atoms with Crippen LogP contribution in [0.4, 0.5) is 0 Å². The average molecular weight is 343 g/mol. The van der Waals surface area contributed by atoms with Crippen molar-refractivity contribution >= 4 is 5.97 Å². The fourth-order valence-electron chi connectivity index (χ4n) is 3.39. The van der Waals surface area contributed by atoms with E-state index in [0.717, 1.165) is 42.8 Å². The molecule has 0 spiro atoms. The third-order valence-electron chi connectivity index (χ3n) is 4.71. The lowest BCUT2D eigenvalue weighted by Crippen LogP contribution is -2.34. The summed E-state index contributed by atoms with van der Waals surface area (Å²) in [6, 6.07) is 7.20. The minimum absolute atomic E-state index is 0.607. The summed E-state index contributed by atoms with van der Waals surface area (Å²) < 4.78 is 6.96. The zero-order valence-corrected chi connectivity index (χ0v) is 14.6. The summed E-state index contributed by atoms with van der Waals surface area (Å²) in [6.45, 7) is 2.28. The maximum atomic E-state index is 11.9. The first-order chi connectivity index (χ1) is 12.2. The molecule has 1 N–H and O–H groups in total. The topological polar surface area (TPSA) is 67.6 Å². The molecule has 1 aromatic carbocycles. The second kappa shape index (κ2) is 8.16. The Morgan fingerprint density at radius 3 is 2.48 bits per heavy atom. The van der Waals surface area contributed by atoms with Crippen LogP contribution in [0.5, 0.6) is 5.75 Å².